The molecule has 0 bridgehead atoms. The lowest BCUT2D eigenvalue weighted by Gasteiger charge is -2.43. The molecule has 0 radical (unpaired) electrons. The van der Waals surface area contributed by atoms with Crippen LogP contribution in [0, 0.1) is 35.0 Å². The molecule has 27 heavy (non-hydrogen) atoms. The lowest BCUT2D eigenvalue weighted by atomic mass is 9.69. The largest absolute Gasteiger partial charge is 0.394 e. The third-order valence-corrected chi connectivity index (χ3v) is 8.56. The van der Waals surface area contributed by atoms with Crippen molar-refractivity contribution < 1.29 is 29.9 Å². The van der Waals surface area contributed by atoms with Gasteiger partial charge in [-0.15, -0.1) is 0 Å². The Morgan fingerprint density at radius 2 is 1.78 bits per heavy atom. The Morgan fingerprint density at radius 1 is 1.07 bits per heavy atom. The summed E-state index contributed by atoms with van der Waals surface area (Å²) in [4.78, 5) is 0. The standard InChI is InChI=1S/C21H36O6/c1-10(2)12-6-5-11(3)21-8-7-20(4,18(21)14(12)21)27-19-17(25)16(24)15(23)13(9-22)26-19/h10-19,22-25H,5-9H2,1-4H3/t11-,12+,13-,14-,15+,16+,17-,18+,19+,20-,21-/m1/s1. The number of hydrogen-bond acceptors (Lipinski definition) is 6. The van der Waals surface area contributed by atoms with E-state index in [1.54, 1.807) is 0 Å². The van der Waals surface area contributed by atoms with E-state index in [9.17, 15) is 20.4 Å². The third kappa shape index (κ3) is 2.75. The van der Waals surface area contributed by atoms with E-state index in [0.717, 1.165) is 12.8 Å². The van der Waals surface area contributed by atoms with Gasteiger partial charge in [-0.3, -0.25) is 0 Å². The van der Waals surface area contributed by atoms with Crippen LogP contribution in [-0.2, 0) is 9.47 Å². The number of fused-ring (bicyclic) bond motifs is 1. The van der Waals surface area contributed by atoms with Crippen LogP contribution < -0.4 is 0 Å². The summed E-state index contributed by atoms with van der Waals surface area (Å²) in [7, 11) is 0. The van der Waals surface area contributed by atoms with E-state index < -0.39 is 42.9 Å². The van der Waals surface area contributed by atoms with Gasteiger partial charge in [-0.1, -0.05) is 20.8 Å². The molecule has 1 spiro atoms. The van der Waals surface area contributed by atoms with Gasteiger partial charge in [0.1, 0.15) is 24.4 Å². The third-order valence-electron chi connectivity index (χ3n) is 8.56. The molecule has 1 saturated heterocycles. The maximum Gasteiger partial charge on any atom is 0.187 e. The molecule has 4 rings (SSSR count). The van der Waals surface area contributed by atoms with Crippen molar-refractivity contribution in [1.29, 1.82) is 0 Å². The first-order chi connectivity index (χ1) is 12.7. The number of aliphatic hydroxyl groups is 4. The SMILES string of the molecule is CC(C)[C@@H]1CC[C@@H](C)[C@@]23CC[C@@](C)(O[C@@H]4O[C@H](CO)[C@H](O)[C@H](O)[C@H]4O)[C@@H]2[C@@H]13. The molecule has 1 aliphatic heterocycles. The Bertz CT molecular complexity index is 567. The topological polar surface area (TPSA) is 99.4 Å². The number of hydrogen-bond donors (Lipinski definition) is 4. The molecule has 156 valence electrons. The fourth-order valence-corrected chi connectivity index (χ4v) is 7.11. The predicted molar refractivity (Wildman–Crippen MR) is 98.6 cm³/mol. The highest BCUT2D eigenvalue weighted by molar-refractivity contribution is 5.26. The molecule has 0 unspecified atom stereocenters. The van der Waals surface area contributed by atoms with Crippen molar-refractivity contribution in [3.63, 3.8) is 0 Å². The zero-order valence-corrected chi connectivity index (χ0v) is 16.9. The Morgan fingerprint density at radius 3 is 2.41 bits per heavy atom. The highest BCUT2D eigenvalue weighted by Gasteiger charge is 2.79. The minimum Gasteiger partial charge on any atom is -0.394 e. The molecule has 0 aromatic rings. The second kappa shape index (κ2) is 6.64. The molecule has 11 atom stereocenters. The van der Waals surface area contributed by atoms with Crippen LogP contribution >= 0.6 is 0 Å². The highest BCUT2D eigenvalue weighted by atomic mass is 16.7. The van der Waals surface area contributed by atoms with Crippen LogP contribution in [0.15, 0.2) is 0 Å². The van der Waals surface area contributed by atoms with Gasteiger partial charge in [-0.2, -0.15) is 0 Å². The summed E-state index contributed by atoms with van der Waals surface area (Å²) < 4.78 is 12.0. The van der Waals surface area contributed by atoms with Crippen molar-refractivity contribution in [1.82, 2.24) is 0 Å². The fourth-order valence-electron chi connectivity index (χ4n) is 7.11. The van der Waals surface area contributed by atoms with Crippen LogP contribution in [0.2, 0.25) is 0 Å². The molecular formula is C21H36O6. The second-order valence-corrected chi connectivity index (χ2v) is 10.1. The molecule has 1 heterocycles. The van der Waals surface area contributed by atoms with Gasteiger partial charge in [-0.25, -0.2) is 0 Å². The maximum atomic E-state index is 10.4. The molecule has 4 N–H and O–H groups in total. The van der Waals surface area contributed by atoms with Crippen molar-refractivity contribution >= 4 is 0 Å². The van der Waals surface area contributed by atoms with E-state index in [0.29, 0.717) is 35.0 Å². The van der Waals surface area contributed by atoms with Crippen molar-refractivity contribution in [3.8, 4) is 0 Å². The molecule has 0 amide bonds. The quantitative estimate of drug-likeness (QED) is 0.545. The molecular weight excluding hydrogens is 348 g/mol. The monoisotopic (exact) mass is 384 g/mol. The van der Waals surface area contributed by atoms with Gasteiger partial charge in [-0.05, 0) is 67.6 Å². The molecule has 3 aliphatic carbocycles. The second-order valence-electron chi connectivity index (χ2n) is 10.1. The lowest BCUT2D eigenvalue weighted by Crippen LogP contribution is -2.60. The van der Waals surface area contributed by atoms with E-state index in [2.05, 4.69) is 27.7 Å². The summed E-state index contributed by atoms with van der Waals surface area (Å²) in [5.41, 5.74) is -0.0693. The van der Waals surface area contributed by atoms with Crippen LogP contribution in [0.5, 0.6) is 0 Å². The van der Waals surface area contributed by atoms with Crippen LogP contribution in [0.25, 0.3) is 0 Å². The minimum absolute atomic E-state index is 0.343. The molecule has 4 aliphatic rings. The molecule has 4 fully saturated rings. The van der Waals surface area contributed by atoms with Gasteiger partial charge in [0.2, 0.25) is 0 Å². The summed E-state index contributed by atoms with van der Waals surface area (Å²) in [5.74, 6) is 3.15. The lowest BCUT2D eigenvalue weighted by molar-refractivity contribution is -0.327. The normalized spacial score (nSPS) is 57.4. The van der Waals surface area contributed by atoms with Crippen molar-refractivity contribution in [2.45, 2.75) is 89.7 Å². The molecule has 0 aromatic carbocycles. The van der Waals surface area contributed by atoms with E-state index >= 15 is 0 Å². The molecule has 6 nitrogen and oxygen atoms in total. The average molecular weight is 385 g/mol. The van der Waals surface area contributed by atoms with Gasteiger partial charge in [0.25, 0.3) is 0 Å². The zero-order valence-electron chi connectivity index (χ0n) is 16.9. The van der Waals surface area contributed by atoms with Crippen LogP contribution in [0.4, 0.5) is 0 Å². The summed E-state index contributed by atoms with van der Waals surface area (Å²) in [6.45, 7) is 8.71. The Labute approximate surface area is 161 Å². The van der Waals surface area contributed by atoms with Gasteiger partial charge in [0.05, 0.1) is 12.2 Å². The molecule has 0 aromatic heterocycles. The van der Waals surface area contributed by atoms with E-state index in [4.69, 9.17) is 9.47 Å². The molecule has 3 saturated carbocycles. The minimum atomic E-state index is -1.39. The summed E-state index contributed by atoms with van der Waals surface area (Å²) in [6, 6.07) is 0. The van der Waals surface area contributed by atoms with E-state index in [-0.39, 0.29) is 0 Å². The van der Waals surface area contributed by atoms with Gasteiger partial charge >= 0.3 is 0 Å². The molecule has 6 heteroatoms. The predicted octanol–water partition coefficient (Wildman–Crippen LogP) is 1.29. The van der Waals surface area contributed by atoms with Crippen LogP contribution in [0.1, 0.15) is 53.4 Å². The first kappa shape index (κ1) is 20.0. The van der Waals surface area contributed by atoms with Crippen molar-refractivity contribution in [2.75, 3.05) is 6.61 Å². The first-order valence-corrected chi connectivity index (χ1v) is 10.7. The van der Waals surface area contributed by atoms with Crippen LogP contribution in [0.3, 0.4) is 0 Å². The number of rotatable bonds is 4. The van der Waals surface area contributed by atoms with Crippen molar-refractivity contribution in [2.24, 2.45) is 35.0 Å². The maximum absolute atomic E-state index is 10.4. The summed E-state index contributed by atoms with van der Waals surface area (Å²) >= 11 is 0. The van der Waals surface area contributed by atoms with Gasteiger partial charge in [0.15, 0.2) is 6.29 Å². The van der Waals surface area contributed by atoms with Gasteiger partial charge < -0.3 is 29.9 Å². The van der Waals surface area contributed by atoms with E-state index in [1.165, 1.54) is 12.8 Å². The Hall–Kier alpha value is -0.240. The average Bonchev–Trinajstić information content (AvgIpc) is 3.24. The first-order valence-electron chi connectivity index (χ1n) is 10.7. The zero-order chi connectivity index (χ0) is 19.7. The fraction of sp³-hybridized carbons (Fsp3) is 1.00. The Balaban J connectivity index is 1.54. The Kier molecular flexibility index (Phi) is 4.93. The van der Waals surface area contributed by atoms with Gasteiger partial charge in [0, 0.05) is 0 Å². The summed E-state index contributed by atoms with van der Waals surface area (Å²) in [6.07, 6.45) is -1.41. The summed E-state index contributed by atoms with van der Waals surface area (Å²) in [5, 5.41) is 39.9. The number of aliphatic hydroxyl groups excluding tert-OH is 4. The van der Waals surface area contributed by atoms with Crippen molar-refractivity contribution in [3.05, 3.63) is 0 Å². The number of ether oxygens (including phenoxy) is 2. The highest BCUT2D eigenvalue weighted by Crippen LogP contribution is 2.81. The van der Waals surface area contributed by atoms with Crippen LogP contribution in [-0.4, -0.2) is 63.3 Å². The smallest absolute Gasteiger partial charge is 0.187 e. The van der Waals surface area contributed by atoms with E-state index in [1.807, 2.05) is 0 Å².